The molecule has 27 heavy (non-hydrogen) atoms. The topological polar surface area (TPSA) is 89.7 Å². The maximum atomic E-state index is 12.6. The molecular weight excluding hydrogens is 348 g/mol. The van der Waals surface area contributed by atoms with Crippen molar-refractivity contribution in [3.63, 3.8) is 0 Å². The molecule has 0 spiro atoms. The Bertz CT molecular complexity index is 826. The molecule has 144 valence electrons. The number of carbonyl (C=O) groups is 2. The molecule has 0 unspecified atom stereocenters. The minimum Gasteiger partial charge on any atom is -0.489 e. The normalized spacial score (nSPS) is 10.3. The molecule has 0 saturated carbocycles. The van der Waals surface area contributed by atoms with Crippen molar-refractivity contribution >= 4 is 17.6 Å². The zero-order chi connectivity index (χ0) is 19.8. The quantitative estimate of drug-likeness (QED) is 0.401. The van der Waals surface area contributed by atoms with E-state index in [-0.39, 0.29) is 12.5 Å². The number of amides is 1. The summed E-state index contributed by atoms with van der Waals surface area (Å²) in [7, 11) is 1.53. The van der Waals surface area contributed by atoms with E-state index in [0.29, 0.717) is 47.2 Å². The number of hydrogen-bond donors (Lipinski definition) is 2. The summed E-state index contributed by atoms with van der Waals surface area (Å²) in [5.74, 6) is -0.223. The van der Waals surface area contributed by atoms with E-state index in [2.05, 4.69) is 16.9 Å². The van der Waals surface area contributed by atoms with Gasteiger partial charge in [0.15, 0.2) is 0 Å². The predicted octanol–water partition coefficient (Wildman–Crippen LogP) is 3.25. The average Bonchev–Trinajstić information content (AvgIpc) is 2.95. The van der Waals surface area contributed by atoms with Gasteiger partial charge in [-0.25, -0.2) is 4.79 Å². The Hall–Kier alpha value is -3.06. The van der Waals surface area contributed by atoms with Gasteiger partial charge in [-0.05, 0) is 31.5 Å². The van der Waals surface area contributed by atoms with E-state index in [0.717, 1.165) is 0 Å². The van der Waals surface area contributed by atoms with E-state index >= 15 is 0 Å². The summed E-state index contributed by atoms with van der Waals surface area (Å²) in [4.78, 5) is 27.8. The van der Waals surface area contributed by atoms with Gasteiger partial charge in [-0.2, -0.15) is 0 Å². The van der Waals surface area contributed by atoms with Gasteiger partial charge < -0.3 is 24.5 Å². The van der Waals surface area contributed by atoms with Crippen LogP contribution in [-0.2, 0) is 9.47 Å². The van der Waals surface area contributed by atoms with E-state index in [1.165, 1.54) is 7.11 Å². The fourth-order valence-electron chi connectivity index (χ4n) is 2.59. The Kier molecular flexibility index (Phi) is 7.19. The maximum absolute atomic E-state index is 12.6. The van der Waals surface area contributed by atoms with Crippen molar-refractivity contribution in [3.05, 3.63) is 59.4 Å². The molecule has 1 aromatic heterocycles. The monoisotopic (exact) mass is 372 g/mol. The van der Waals surface area contributed by atoms with Gasteiger partial charge in [0.2, 0.25) is 0 Å². The van der Waals surface area contributed by atoms with Crippen LogP contribution in [0.15, 0.2) is 36.9 Å². The van der Waals surface area contributed by atoms with Crippen molar-refractivity contribution in [1.29, 1.82) is 0 Å². The number of benzene rings is 1. The number of aromatic nitrogens is 1. The molecule has 0 radical (unpaired) electrons. The Morgan fingerprint density at radius 3 is 2.74 bits per heavy atom. The predicted molar refractivity (Wildman–Crippen MR) is 103 cm³/mol. The molecule has 0 fully saturated rings. The first kappa shape index (κ1) is 20.3. The molecule has 1 aromatic carbocycles. The average molecular weight is 372 g/mol. The number of nitrogens with one attached hydrogen (secondary N) is 2. The summed E-state index contributed by atoms with van der Waals surface area (Å²) < 4.78 is 15.5. The van der Waals surface area contributed by atoms with Crippen molar-refractivity contribution in [2.24, 2.45) is 0 Å². The highest BCUT2D eigenvalue weighted by Gasteiger charge is 2.23. The number of methoxy groups -OCH3 is 1. The summed E-state index contributed by atoms with van der Waals surface area (Å²) >= 11 is 0. The third-order valence-corrected chi connectivity index (χ3v) is 3.85. The van der Waals surface area contributed by atoms with Crippen molar-refractivity contribution in [2.75, 3.05) is 32.2 Å². The zero-order valence-corrected chi connectivity index (χ0v) is 15.8. The van der Waals surface area contributed by atoms with E-state index in [1.807, 2.05) is 0 Å². The standard InChI is InChI=1S/C20H24N2O5/c1-5-9-26-16-8-6-7-15(12-16)22-19(23)18-13(2)17(14(3)21-18)20(24)27-11-10-25-4/h5-8,12,21H,1,9-11H2,2-4H3,(H,22,23). The van der Waals surface area contributed by atoms with Crippen LogP contribution in [0.3, 0.4) is 0 Å². The maximum Gasteiger partial charge on any atom is 0.340 e. The highest BCUT2D eigenvalue weighted by Crippen LogP contribution is 2.22. The molecule has 7 nitrogen and oxygen atoms in total. The third kappa shape index (κ3) is 5.21. The van der Waals surface area contributed by atoms with E-state index in [9.17, 15) is 9.59 Å². The first-order valence-electron chi connectivity index (χ1n) is 8.48. The summed E-state index contributed by atoms with van der Waals surface area (Å²) in [6, 6.07) is 7.03. The number of aryl methyl sites for hydroxylation is 1. The van der Waals surface area contributed by atoms with Crippen LogP contribution in [0.1, 0.15) is 32.1 Å². The van der Waals surface area contributed by atoms with Crippen molar-refractivity contribution in [3.8, 4) is 5.75 Å². The number of rotatable bonds is 9. The van der Waals surface area contributed by atoms with Gasteiger partial charge in [-0.1, -0.05) is 18.7 Å². The number of H-pyrrole nitrogens is 1. The van der Waals surface area contributed by atoms with Gasteiger partial charge in [0, 0.05) is 24.6 Å². The van der Waals surface area contributed by atoms with Crippen molar-refractivity contribution < 1.29 is 23.8 Å². The molecule has 0 bridgehead atoms. The van der Waals surface area contributed by atoms with Crippen molar-refractivity contribution in [2.45, 2.75) is 13.8 Å². The highest BCUT2D eigenvalue weighted by atomic mass is 16.6. The first-order valence-corrected chi connectivity index (χ1v) is 8.48. The highest BCUT2D eigenvalue weighted by molar-refractivity contribution is 6.06. The van der Waals surface area contributed by atoms with E-state index in [1.54, 1.807) is 44.2 Å². The van der Waals surface area contributed by atoms with Crippen LogP contribution in [0.5, 0.6) is 5.75 Å². The molecule has 2 aromatic rings. The molecule has 0 atom stereocenters. The minimum atomic E-state index is -0.489. The third-order valence-electron chi connectivity index (χ3n) is 3.85. The number of aromatic amines is 1. The lowest BCUT2D eigenvalue weighted by atomic mass is 10.1. The van der Waals surface area contributed by atoms with E-state index in [4.69, 9.17) is 14.2 Å². The molecule has 0 aliphatic heterocycles. The van der Waals surface area contributed by atoms with Gasteiger partial charge in [-0.3, -0.25) is 4.79 Å². The smallest absolute Gasteiger partial charge is 0.340 e. The SMILES string of the molecule is C=CCOc1cccc(NC(=O)c2[nH]c(C)c(C(=O)OCCOC)c2C)c1. The number of carbonyl (C=O) groups excluding carboxylic acids is 2. The second kappa shape index (κ2) is 9.59. The molecule has 0 aliphatic carbocycles. The minimum absolute atomic E-state index is 0.151. The van der Waals surface area contributed by atoms with Gasteiger partial charge in [0.1, 0.15) is 24.7 Å². The molecule has 0 aliphatic rings. The van der Waals surface area contributed by atoms with Crippen LogP contribution in [0, 0.1) is 13.8 Å². The van der Waals surface area contributed by atoms with Crippen LogP contribution >= 0.6 is 0 Å². The van der Waals surface area contributed by atoms with Crippen LogP contribution in [0.25, 0.3) is 0 Å². The van der Waals surface area contributed by atoms with Gasteiger partial charge in [0.25, 0.3) is 5.91 Å². The lowest BCUT2D eigenvalue weighted by Gasteiger charge is -2.08. The molecular formula is C20H24N2O5. The Morgan fingerprint density at radius 1 is 1.26 bits per heavy atom. The first-order chi connectivity index (χ1) is 13.0. The summed E-state index contributed by atoms with van der Waals surface area (Å²) in [5, 5.41) is 2.80. The molecule has 7 heteroatoms. The summed E-state index contributed by atoms with van der Waals surface area (Å²) in [6.45, 7) is 7.86. The number of hydrogen-bond acceptors (Lipinski definition) is 5. The van der Waals surface area contributed by atoms with E-state index < -0.39 is 5.97 Å². The van der Waals surface area contributed by atoms with Crippen LogP contribution in [0.4, 0.5) is 5.69 Å². The van der Waals surface area contributed by atoms with Gasteiger partial charge in [0.05, 0.1) is 12.2 Å². The zero-order valence-electron chi connectivity index (χ0n) is 15.8. The molecule has 2 N–H and O–H groups in total. The Morgan fingerprint density at radius 2 is 2.04 bits per heavy atom. The molecule has 2 rings (SSSR count). The second-order valence-electron chi connectivity index (χ2n) is 5.84. The Labute approximate surface area is 158 Å². The Balaban J connectivity index is 2.14. The summed E-state index contributed by atoms with van der Waals surface area (Å²) in [6.07, 6.45) is 1.64. The molecule has 0 saturated heterocycles. The summed E-state index contributed by atoms with van der Waals surface area (Å²) in [5.41, 5.74) is 2.36. The molecule has 1 amide bonds. The van der Waals surface area contributed by atoms with Crippen LogP contribution < -0.4 is 10.1 Å². The van der Waals surface area contributed by atoms with Gasteiger partial charge >= 0.3 is 5.97 Å². The number of esters is 1. The number of ether oxygens (including phenoxy) is 3. The lowest BCUT2D eigenvalue weighted by molar-refractivity contribution is 0.0387. The van der Waals surface area contributed by atoms with Crippen LogP contribution in [0.2, 0.25) is 0 Å². The fraction of sp³-hybridized carbons (Fsp3) is 0.300. The van der Waals surface area contributed by atoms with Crippen LogP contribution in [-0.4, -0.2) is 43.8 Å². The molecule has 1 heterocycles. The number of anilines is 1. The fourth-order valence-corrected chi connectivity index (χ4v) is 2.59. The largest absolute Gasteiger partial charge is 0.489 e. The second-order valence-corrected chi connectivity index (χ2v) is 5.84. The van der Waals surface area contributed by atoms with Gasteiger partial charge in [-0.15, -0.1) is 0 Å². The van der Waals surface area contributed by atoms with Crippen molar-refractivity contribution in [1.82, 2.24) is 4.98 Å². The lowest BCUT2D eigenvalue weighted by Crippen LogP contribution is -2.14.